The van der Waals surface area contributed by atoms with Crippen LogP contribution in [0.4, 0.5) is 0 Å². The first-order chi connectivity index (χ1) is 10.8. The maximum atomic E-state index is 12.1. The highest BCUT2D eigenvalue weighted by atomic mass is 35.5. The number of hydrogen-bond donors (Lipinski definition) is 2. The van der Waals surface area contributed by atoms with Crippen molar-refractivity contribution < 1.29 is 9.53 Å². The number of nitrogens with one attached hydrogen (secondary N) is 2. The van der Waals surface area contributed by atoms with Crippen molar-refractivity contribution in [2.24, 2.45) is 5.92 Å². The summed E-state index contributed by atoms with van der Waals surface area (Å²) in [4.78, 5) is 14.4. The van der Waals surface area contributed by atoms with Crippen molar-refractivity contribution in [2.75, 3.05) is 45.9 Å². The van der Waals surface area contributed by atoms with Gasteiger partial charge in [-0.25, -0.2) is 0 Å². The van der Waals surface area contributed by atoms with Crippen molar-refractivity contribution in [3.63, 3.8) is 0 Å². The van der Waals surface area contributed by atoms with Crippen molar-refractivity contribution >= 4 is 29.9 Å². The van der Waals surface area contributed by atoms with Gasteiger partial charge in [0.2, 0.25) is 5.91 Å². The van der Waals surface area contributed by atoms with E-state index in [2.05, 4.69) is 15.5 Å². The van der Waals surface area contributed by atoms with Gasteiger partial charge in [-0.2, -0.15) is 0 Å². The number of ether oxygens (including phenoxy) is 1. The molecular weight excluding hydrogens is 337 g/mol. The van der Waals surface area contributed by atoms with E-state index in [0.29, 0.717) is 6.54 Å². The molecule has 0 aliphatic carbocycles. The lowest BCUT2D eigenvalue weighted by molar-refractivity contribution is -0.126. The lowest BCUT2D eigenvalue weighted by Crippen LogP contribution is -2.52. The van der Waals surface area contributed by atoms with E-state index in [4.69, 9.17) is 16.3 Å². The maximum Gasteiger partial charge on any atom is 0.225 e. The smallest absolute Gasteiger partial charge is 0.225 e. The molecule has 128 valence electrons. The molecule has 1 aromatic rings. The molecule has 2 aliphatic heterocycles. The molecule has 0 saturated carbocycles. The molecule has 23 heavy (non-hydrogen) atoms. The third-order valence-corrected chi connectivity index (χ3v) is 4.72. The summed E-state index contributed by atoms with van der Waals surface area (Å²) in [5.74, 6) is 0.237. The van der Waals surface area contributed by atoms with E-state index in [1.807, 2.05) is 24.3 Å². The number of carbonyl (C=O) groups excluding carboxylic acids is 1. The predicted molar refractivity (Wildman–Crippen MR) is 93.2 cm³/mol. The Morgan fingerprint density at radius 2 is 2.04 bits per heavy atom. The number of carbonyl (C=O) groups is 1. The number of hydrogen-bond acceptors (Lipinski definition) is 4. The first kappa shape index (κ1) is 18.5. The molecule has 7 heteroatoms. The van der Waals surface area contributed by atoms with Gasteiger partial charge in [0, 0.05) is 37.7 Å². The summed E-state index contributed by atoms with van der Waals surface area (Å²) in [5.41, 5.74) is 1.07. The monoisotopic (exact) mass is 359 g/mol. The van der Waals surface area contributed by atoms with Crippen LogP contribution in [0.1, 0.15) is 11.6 Å². The molecule has 5 nitrogen and oxygen atoms in total. The van der Waals surface area contributed by atoms with Crippen LogP contribution in [-0.2, 0) is 9.53 Å². The van der Waals surface area contributed by atoms with Gasteiger partial charge >= 0.3 is 0 Å². The van der Waals surface area contributed by atoms with E-state index in [1.54, 1.807) is 0 Å². The Morgan fingerprint density at radius 3 is 2.65 bits per heavy atom. The maximum absolute atomic E-state index is 12.1. The quantitative estimate of drug-likeness (QED) is 0.835. The lowest BCUT2D eigenvalue weighted by Gasteiger charge is -2.36. The molecule has 3 rings (SSSR count). The van der Waals surface area contributed by atoms with Crippen LogP contribution in [0.25, 0.3) is 0 Å². The molecule has 1 atom stereocenters. The Balaban J connectivity index is 0.00000192. The predicted octanol–water partition coefficient (Wildman–Crippen LogP) is 1.47. The summed E-state index contributed by atoms with van der Waals surface area (Å²) < 4.78 is 5.44. The Bertz CT molecular complexity index is 520. The summed E-state index contributed by atoms with van der Waals surface area (Å²) in [6, 6.07) is 7.96. The van der Waals surface area contributed by atoms with Crippen molar-refractivity contribution in [3.8, 4) is 0 Å². The summed E-state index contributed by atoms with van der Waals surface area (Å²) >= 11 is 6.37. The zero-order chi connectivity index (χ0) is 15.4. The van der Waals surface area contributed by atoms with E-state index >= 15 is 0 Å². The number of nitrogens with zero attached hydrogens (tertiary/aromatic N) is 1. The third kappa shape index (κ3) is 4.58. The summed E-state index contributed by atoms with van der Waals surface area (Å²) in [6.45, 7) is 5.30. The fourth-order valence-corrected chi connectivity index (χ4v) is 3.15. The molecule has 2 fully saturated rings. The van der Waals surface area contributed by atoms with Crippen LogP contribution in [0.3, 0.4) is 0 Å². The highest BCUT2D eigenvalue weighted by molar-refractivity contribution is 6.31. The third-order valence-electron chi connectivity index (χ3n) is 4.37. The van der Waals surface area contributed by atoms with Crippen molar-refractivity contribution in [2.45, 2.75) is 6.04 Å². The first-order valence-electron chi connectivity index (χ1n) is 7.80. The Morgan fingerprint density at radius 1 is 1.35 bits per heavy atom. The minimum Gasteiger partial charge on any atom is -0.379 e. The van der Waals surface area contributed by atoms with Gasteiger partial charge in [0.05, 0.1) is 25.2 Å². The number of benzene rings is 1. The van der Waals surface area contributed by atoms with Crippen molar-refractivity contribution in [1.82, 2.24) is 15.5 Å². The normalized spacial score (nSPS) is 20.2. The van der Waals surface area contributed by atoms with Gasteiger partial charge in [0.15, 0.2) is 0 Å². The van der Waals surface area contributed by atoms with Gasteiger partial charge in [-0.15, -0.1) is 12.4 Å². The second kappa shape index (κ2) is 8.85. The number of halogens is 2. The molecule has 2 saturated heterocycles. The average Bonchev–Trinajstić information content (AvgIpc) is 2.48. The van der Waals surface area contributed by atoms with Gasteiger partial charge in [-0.3, -0.25) is 9.69 Å². The highest BCUT2D eigenvalue weighted by Crippen LogP contribution is 2.27. The molecule has 1 amide bonds. The fourth-order valence-electron chi connectivity index (χ4n) is 2.89. The molecule has 2 aliphatic rings. The van der Waals surface area contributed by atoms with Crippen LogP contribution < -0.4 is 10.6 Å². The minimum atomic E-state index is 0. The fraction of sp³-hybridized carbons (Fsp3) is 0.562. The highest BCUT2D eigenvalue weighted by Gasteiger charge is 2.28. The molecule has 0 bridgehead atoms. The largest absolute Gasteiger partial charge is 0.379 e. The molecule has 0 aromatic heterocycles. The van der Waals surface area contributed by atoms with Crippen LogP contribution in [0.5, 0.6) is 0 Å². The zero-order valence-corrected chi connectivity index (χ0v) is 14.5. The zero-order valence-electron chi connectivity index (χ0n) is 13.0. The molecule has 2 heterocycles. The minimum absolute atomic E-state index is 0. The molecular formula is C16H23Cl2N3O2. The molecule has 0 spiro atoms. The molecule has 0 radical (unpaired) electrons. The first-order valence-corrected chi connectivity index (χ1v) is 8.18. The van der Waals surface area contributed by atoms with E-state index in [9.17, 15) is 4.79 Å². The van der Waals surface area contributed by atoms with Gasteiger partial charge in [0.25, 0.3) is 0 Å². The molecule has 1 unspecified atom stereocenters. The van der Waals surface area contributed by atoms with Gasteiger partial charge < -0.3 is 15.4 Å². The van der Waals surface area contributed by atoms with Gasteiger partial charge in [0.1, 0.15) is 0 Å². The standard InChI is InChI=1S/C16H22ClN3O2.ClH/c17-14-4-2-1-3-13(14)15(20-5-7-22-8-6-20)11-19-16(21)12-9-18-10-12;/h1-4,12,15,18H,5-11H2,(H,19,21);1H. The number of morpholine rings is 1. The lowest BCUT2D eigenvalue weighted by atomic mass is 10.0. The van der Waals surface area contributed by atoms with E-state index in [-0.39, 0.29) is 30.3 Å². The van der Waals surface area contributed by atoms with Crippen molar-refractivity contribution in [3.05, 3.63) is 34.9 Å². The summed E-state index contributed by atoms with van der Waals surface area (Å²) in [5, 5.41) is 6.96. The van der Waals surface area contributed by atoms with Gasteiger partial charge in [-0.05, 0) is 11.6 Å². The van der Waals surface area contributed by atoms with Crippen LogP contribution in [0, 0.1) is 5.92 Å². The summed E-state index contributed by atoms with van der Waals surface area (Å²) in [7, 11) is 0. The van der Waals surface area contributed by atoms with E-state index in [1.165, 1.54) is 0 Å². The van der Waals surface area contributed by atoms with Crippen molar-refractivity contribution in [1.29, 1.82) is 0 Å². The average molecular weight is 360 g/mol. The molecule has 2 N–H and O–H groups in total. The summed E-state index contributed by atoms with van der Waals surface area (Å²) in [6.07, 6.45) is 0. The Kier molecular flexibility index (Phi) is 7.11. The second-order valence-corrected chi connectivity index (χ2v) is 6.19. The SMILES string of the molecule is Cl.O=C(NCC(c1ccccc1Cl)N1CCOCC1)C1CNC1. The van der Waals surface area contributed by atoms with Crippen LogP contribution in [0.2, 0.25) is 5.02 Å². The molecule has 1 aromatic carbocycles. The Hall–Kier alpha value is -0.850. The van der Waals surface area contributed by atoms with Gasteiger partial charge in [-0.1, -0.05) is 29.8 Å². The van der Waals surface area contributed by atoms with Crippen LogP contribution in [-0.4, -0.2) is 56.7 Å². The second-order valence-electron chi connectivity index (χ2n) is 5.79. The topological polar surface area (TPSA) is 53.6 Å². The Labute approximate surface area is 148 Å². The van der Waals surface area contributed by atoms with E-state index in [0.717, 1.165) is 50.0 Å². The number of rotatable bonds is 5. The van der Waals surface area contributed by atoms with Crippen LogP contribution in [0.15, 0.2) is 24.3 Å². The van der Waals surface area contributed by atoms with E-state index < -0.39 is 0 Å². The number of amides is 1. The van der Waals surface area contributed by atoms with Crippen LogP contribution >= 0.6 is 24.0 Å².